The number of amides is 1. The van der Waals surface area contributed by atoms with Crippen molar-refractivity contribution < 1.29 is 19.1 Å². The number of methoxy groups -OCH3 is 2. The predicted molar refractivity (Wildman–Crippen MR) is 75.6 cm³/mol. The molecule has 20 heavy (non-hydrogen) atoms. The summed E-state index contributed by atoms with van der Waals surface area (Å²) in [5.74, 6) is -0.394. The molecule has 0 unspecified atom stereocenters. The van der Waals surface area contributed by atoms with Gasteiger partial charge in [0.1, 0.15) is 12.3 Å². The zero-order chi connectivity index (χ0) is 15.3. The van der Waals surface area contributed by atoms with Gasteiger partial charge in [0.15, 0.2) is 0 Å². The molecule has 0 bridgehead atoms. The molecule has 0 spiro atoms. The van der Waals surface area contributed by atoms with E-state index >= 15 is 0 Å². The average Bonchev–Trinajstić information content (AvgIpc) is 2.43. The second-order valence-electron chi connectivity index (χ2n) is 4.56. The largest absolute Gasteiger partial charge is 0.496 e. The fraction of sp³-hybridized carbons (Fsp3) is 0.429. The maximum absolute atomic E-state index is 12.5. The first kappa shape index (κ1) is 15.8. The standard InChI is InChI=1S/C14H20N2O4/c1-9(2)16(8-13(17)20-4)14(18)11-6-5-10(15)7-12(11)19-3/h5-7,9H,8,15H2,1-4H3. The first-order valence-electron chi connectivity index (χ1n) is 6.22. The molecule has 0 atom stereocenters. The summed E-state index contributed by atoms with van der Waals surface area (Å²) in [5.41, 5.74) is 6.53. The summed E-state index contributed by atoms with van der Waals surface area (Å²) in [6.45, 7) is 3.54. The monoisotopic (exact) mass is 280 g/mol. The van der Waals surface area contributed by atoms with Gasteiger partial charge in [-0.15, -0.1) is 0 Å². The van der Waals surface area contributed by atoms with Crippen molar-refractivity contribution in [2.45, 2.75) is 19.9 Å². The number of esters is 1. The van der Waals surface area contributed by atoms with Gasteiger partial charge in [0, 0.05) is 17.8 Å². The number of hydrogen-bond donors (Lipinski definition) is 1. The Kier molecular flexibility index (Phi) is 5.37. The van der Waals surface area contributed by atoms with Crippen LogP contribution in [0, 0.1) is 0 Å². The molecule has 1 aromatic carbocycles. The molecule has 0 saturated carbocycles. The van der Waals surface area contributed by atoms with Crippen LogP contribution >= 0.6 is 0 Å². The third kappa shape index (κ3) is 3.63. The highest BCUT2D eigenvalue weighted by molar-refractivity contribution is 5.99. The van der Waals surface area contributed by atoms with Gasteiger partial charge in [-0.25, -0.2) is 0 Å². The van der Waals surface area contributed by atoms with E-state index in [4.69, 9.17) is 10.5 Å². The highest BCUT2D eigenvalue weighted by atomic mass is 16.5. The van der Waals surface area contributed by atoms with Crippen molar-refractivity contribution in [3.05, 3.63) is 23.8 Å². The Labute approximate surface area is 118 Å². The summed E-state index contributed by atoms with van der Waals surface area (Å²) >= 11 is 0. The Balaban J connectivity index is 3.09. The van der Waals surface area contributed by atoms with Gasteiger partial charge >= 0.3 is 5.97 Å². The molecule has 0 fully saturated rings. The molecule has 6 nitrogen and oxygen atoms in total. The number of nitrogens with two attached hydrogens (primary N) is 1. The van der Waals surface area contributed by atoms with Gasteiger partial charge in [0.25, 0.3) is 5.91 Å². The lowest BCUT2D eigenvalue weighted by atomic mass is 10.1. The zero-order valence-electron chi connectivity index (χ0n) is 12.2. The number of ether oxygens (including phenoxy) is 2. The third-order valence-corrected chi connectivity index (χ3v) is 2.87. The lowest BCUT2D eigenvalue weighted by molar-refractivity contribution is -0.141. The minimum Gasteiger partial charge on any atom is -0.496 e. The highest BCUT2D eigenvalue weighted by Gasteiger charge is 2.24. The van der Waals surface area contributed by atoms with E-state index in [-0.39, 0.29) is 18.5 Å². The van der Waals surface area contributed by atoms with Crippen LogP contribution in [0.3, 0.4) is 0 Å². The number of hydrogen-bond acceptors (Lipinski definition) is 5. The lowest BCUT2D eigenvalue weighted by Crippen LogP contribution is -2.41. The van der Waals surface area contributed by atoms with E-state index in [9.17, 15) is 9.59 Å². The van der Waals surface area contributed by atoms with Crippen molar-refractivity contribution in [1.82, 2.24) is 4.90 Å². The van der Waals surface area contributed by atoms with Gasteiger partial charge in [-0.1, -0.05) is 0 Å². The highest BCUT2D eigenvalue weighted by Crippen LogP contribution is 2.23. The number of nitrogen functional groups attached to an aromatic ring is 1. The molecule has 0 aliphatic rings. The molecule has 110 valence electrons. The second kappa shape index (κ2) is 6.79. The van der Waals surface area contributed by atoms with E-state index in [0.29, 0.717) is 17.0 Å². The van der Waals surface area contributed by atoms with Gasteiger partial charge in [0.2, 0.25) is 0 Å². The molecule has 0 saturated heterocycles. The van der Waals surface area contributed by atoms with Crippen molar-refractivity contribution in [2.24, 2.45) is 0 Å². The number of carbonyl (C=O) groups is 2. The Morgan fingerprint density at radius 3 is 2.45 bits per heavy atom. The quantitative estimate of drug-likeness (QED) is 0.649. The van der Waals surface area contributed by atoms with Crippen LogP contribution in [0.2, 0.25) is 0 Å². The molecular weight excluding hydrogens is 260 g/mol. The van der Waals surface area contributed by atoms with Gasteiger partial charge in [-0.3, -0.25) is 9.59 Å². The minimum absolute atomic E-state index is 0.111. The smallest absolute Gasteiger partial charge is 0.325 e. The summed E-state index contributed by atoms with van der Waals surface area (Å²) in [4.78, 5) is 25.3. The van der Waals surface area contributed by atoms with Crippen molar-refractivity contribution >= 4 is 17.6 Å². The fourth-order valence-corrected chi connectivity index (χ4v) is 1.73. The van der Waals surface area contributed by atoms with E-state index in [2.05, 4.69) is 4.74 Å². The molecule has 1 aromatic rings. The van der Waals surface area contributed by atoms with Crippen LogP contribution in [0.5, 0.6) is 5.75 Å². The average molecular weight is 280 g/mol. The van der Waals surface area contributed by atoms with Gasteiger partial charge < -0.3 is 20.1 Å². The Bertz CT molecular complexity index is 500. The van der Waals surface area contributed by atoms with Crippen LogP contribution in [0.25, 0.3) is 0 Å². The van der Waals surface area contributed by atoms with Gasteiger partial charge in [-0.2, -0.15) is 0 Å². The summed E-state index contributed by atoms with van der Waals surface area (Å²) in [6, 6.07) is 4.63. The van der Waals surface area contributed by atoms with Crippen LogP contribution in [-0.4, -0.2) is 43.6 Å². The van der Waals surface area contributed by atoms with E-state index in [1.54, 1.807) is 18.2 Å². The van der Waals surface area contributed by atoms with E-state index in [1.807, 2.05) is 13.8 Å². The van der Waals surface area contributed by atoms with Crippen LogP contribution in [0.15, 0.2) is 18.2 Å². The fourth-order valence-electron chi connectivity index (χ4n) is 1.73. The Hall–Kier alpha value is -2.24. The van der Waals surface area contributed by atoms with Gasteiger partial charge in [0.05, 0.1) is 19.8 Å². The summed E-state index contributed by atoms with van der Waals surface area (Å²) < 4.78 is 9.77. The number of benzene rings is 1. The van der Waals surface area contributed by atoms with Crippen LogP contribution in [0.1, 0.15) is 24.2 Å². The predicted octanol–water partition coefficient (Wildman–Crippen LogP) is 1.30. The number of carbonyl (C=O) groups excluding carboxylic acids is 2. The maximum atomic E-state index is 12.5. The molecule has 2 N–H and O–H groups in total. The van der Waals surface area contributed by atoms with E-state index < -0.39 is 5.97 Å². The third-order valence-electron chi connectivity index (χ3n) is 2.87. The van der Waals surface area contributed by atoms with E-state index in [1.165, 1.54) is 19.1 Å². The molecule has 0 aliphatic heterocycles. The SMILES string of the molecule is COC(=O)CN(C(=O)c1ccc(N)cc1OC)C(C)C. The van der Waals surface area contributed by atoms with Crippen molar-refractivity contribution in [3.8, 4) is 5.75 Å². The lowest BCUT2D eigenvalue weighted by Gasteiger charge is -2.26. The maximum Gasteiger partial charge on any atom is 0.325 e. The molecule has 0 heterocycles. The first-order chi connectivity index (χ1) is 9.40. The number of anilines is 1. The van der Waals surface area contributed by atoms with Crippen LogP contribution in [0.4, 0.5) is 5.69 Å². The molecule has 1 rings (SSSR count). The normalized spacial score (nSPS) is 10.2. The molecule has 0 aromatic heterocycles. The summed E-state index contributed by atoms with van der Waals surface area (Å²) in [5, 5.41) is 0. The first-order valence-corrected chi connectivity index (χ1v) is 6.22. The van der Waals surface area contributed by atoms with Gasteiger partial charge in [-0.05, 0) is 26.0 Å². The Morgan fingerprint density at radius 2 is 1.95 bits per heavy atom. The molecule has 6 heteroatoms. The summed E-state index contributed by atoms with van der Waals surface area (Å²) in [6.07, 6.45) is 0. The molecule has 1 amide bonds. The Morgan fingerprint density at radius 1 is 1.30 bits per heavy atom. The van der Waals surface area contributed by atoms with Crippen LogP contribution in [-0.2, 0) is 9.53 Å². The van der Waals surface area contributed by atoms with E-state index in [0.717, 1.165) is 0 Å². The zero-order valence-corrected chi connectivity index (χ0v) is 12.2. The molecule has 0 aliphatic carbocycles. The van der Waals surface area contributed by atoms with Crippen molar-refractivity contribution in [2.75, 3.05) is 26.5 Å². The van der Waals surface area contributed by atoms with Crippen LogP contribution < -0.4 is 10.5 Å². The number of nitrogens with zero attached hydrogens (tertiary/aromatic N) is 1. The molecular formula is C14H20N2O4. The van der Waals surface area contributed by atoms with Crippen molar-refractivity contribution in [1.29, 1.82) is 0 Å². The second-order valence-corrected chi connectivity index (χ2v) is 4.56. The van der Waals surface area contributed by atoms with Crippen molar-refractivity contribution in [3.63, 3.8) is 0 Å². The molecule has 0 radical (unpaired) electrons. The summed E-state index contributed by atoms with van der Waals surface area (Å²) in [7, 11) is 2.75. The number of rotatable bonds is 5. The topological polar surface area (TPSA) is 81.9 Å². The minimum atomic E-state index is -0.471.